The van der Waals surface area contributed by atoms with E-state index in [9.17, 15) is 5.11 Å². The molecule has 1 aromatic carbocycles. The van der Waals surface area contributed by atoms with Gasteiger partial charge in [0, 0.05) is 12.6 Å². The zero-order valence-electron chi connectivity index (χ0n) is 12.5. The lowest BCUT2D eigenvalue weighted by Gasteiger charge is -2.17. The van der Waals surface area contributed by atoms with Gasteiger partial charge in [0.1, 0.15) is 18.5 Å². The van der Waals surface area contributed by atoms with Gasteiger partial charge in [0.15, 0.2) is 0 Å². The fourth-order valence-electron chi connectivity index (χ4n) is 1.77. The number of halogens is 1. The third-order valence-corrected chi connectivity index (χ3v) is 2.96. The van der Waals surface area contributed by atoms with Gasteiger partial charge in [-0.3, -0.25) is 0 Å². The molecule has 0 saturated carbocycles. The third kappa shape index (κ3) is 6.28. The molecule has 0 fully saturated rings. The summed E-state index contributed by atoms with van der Waals surface area (Å²) in [5.41, 5.74) is 3.55. The maximum atomic E-state index is 9.80. The molecule has 0 aliphatic carbocycles. The lowest BCUT2D eigenvalue weighted by molar-refractivity contribution is -0.00000592. The second-order valence-corrected chi connectivity index (χ2v) is 5.23. The number of aryl methyl sites for hydroxylation is 2. The van der Waals surface area contributed by atoms with Gasteiger partial charge in [-0.05, 0) is 43.5 Å². The lowest BCUT2D eigenvalue weighted by atomic mass is 10.1. The van der Waals surface area contributed by atoms with Gasteiger partial charge in [0.25, 0.3) is 0 Å². The van der Waals surface area contributed by atoms with E-state index < -0.39 is 6.10 Å². The number of benzene rings is 1. The van der Waals surface area contributed by atoms with Crippen LogP contribution in [0.3, 0.4) is 0 Å². The Labute approximate surface area is 122 Å². The molecule has 1 rings (SSSR count). The minimum atomic E-state index is -0.479. The van der Waals surface area contributed by atoms with Crippen LogP contribution in [0, 0.1) is 20.8 Å². The Hall–Kier alpha value is -0.770. The van der Waals surface area contributed by atoms with Crippen molar-refractivity contribution in [2.45, 2.75) is 46.8 Å². The third-order valence-electron chi connectivity index (χ3n) is 2.96. The predicted molar refractivity (Wildman–Crippen MR) is 75.3 cm³/mol. The van der Waals surface area contributed by atoms with Gasteiger partial charge < -0.3 is 27.6 Å². The van der Waals surface area contributed by atoms with Crippen LogP contribution in [-0.4, -0.2) is 30.4 Å². The summed E-state index contributed by atoms with van der Waals surface area (Å²) in [6, 6.07) is 4.53. The Morgan fingerprint density at radius 1 is 1.21 bits per heavy atom. The van der Waals surface area contributed by atoms with Crippen LogP contribution < -0.4 is 22.5 Å². The smallest absolute Gasteiger partial charge is 0.122 e. The van der Waals surface area contributed by atoms with Gasteiger partial charge in [-0.15, -0.1) is 0 Å². The summed E-state index contributed by atoms with van der Waals surface area (Å²) in [6.45, 7) is 11.2. The van der Waals surface area contributed by atoms with Crippen LogP contribution >= 0.6 is 0 Å². The van der Waals surface area contributed by atoms with Crippen LogP contribution in [0.5, 0.6) is 5.75 Å². The summed E-state index contributed by atoms with van der Waals surface area (Å²) in [5.74, 6) is 0.871. The van der Waals surface area contributed by atoms with E-state index in [4.69, 9.17) is 4.74 Å². The summed E-state index contributed by atoms with van der Waals surface area (Å²) < 4.78 is 5.70. The van der Waals surface area contributed by atoms with Gasteiger partial charge in [-0.1, -0.05) is 19.9 Å². The summed E-state index contributed by atoms with van der Waals surface area (Å²) in [6.07, 6.45) is -0.479. The molecule has 0 spiro atoms. The van der Waals surface area contributed by atoms with Crippen molar-refractivity contribution < 1.29 is 22.3 Å². The van der Waals surface area contributed by atoms with Crippen molar-refractivity contribution in [3.63, 3.8) is 0 Å². The molecule has 0 saturated heterocycles. The number of aliphatic hydroxyl groups is 1. The quantitative estimate of drug-likeness (QED) is 0.731. The molecule has 0 amide bonds. The lowest BCUT2D eigenvalue weighted by Crippen LogP contribution is -3.00. The zero-order valence-corrected chi connectivity index (χ0v) is 13.2. The first kappa shape index (κ1) is 18.2. The summed E-state index contributed by atoms with van der Waals surface area (Å²) in [5, 5.41) is 13.0. The Morgan fingerprint density at radius 2 is 1.84 bits per heavy atom. The van der Waals surface area contributed by atoms with Crippen molar-refractivity contribution in [1.29, 1.82) is 0 Å². The number of aliphatic hydroxyl groups excluding tert-OH is 1. The molecule has 4 heteroatoms. The fraction of sp³-hybridized carbons (Fsp3) is 0.600. The van der Waals surface area contributed by atoms with Crippen LogP contribution in [0.25, 0.3) is 0 Å². The molecule has 110 valence electrons. The number of ether oxygens (including phenoxy) is 1. The molecular formula is C15H25ClNO2-. The van der Waals surface area contributed by atoms with Gasteiger partial charge in [-0.2, -0.15) is 0 Å². The number of nitrogens with one attached hydrogen (secondary N) is 1. The van der Waals surface area contributed by atoms with E-state index in [1.165, 1.54) is 11.1 Å². The summed E-state index contributed by atoms with van der Waals surface area (Å²) in [4.78, 5) is 0. The minimum absolute atomic E-state index is 0. The molecule has 1 atom stereocenters. The Bertz CT molecular complexity index is 394. The molecule has 0 radical (unpaired) electrons. The molecular weight excluding hydrogens is 262 g/mol. The zero-order chi connectivity index (χ0) is 13.7. The molecule has 0 bridgehead atoms. The predicted octanol–water partition coefficient (Wildman–Crippen LogP) is -0.646. The highest BCUT2D eigenvalue weighted by atomic mass is 35.5. The SMILES string of the molecule is Cc1cc(C)c(C)c(OCC(O)CNC(C)C)c1.[Cl-]. The molecule has 0 aliphatic heterocycles. The summed E-state index contributed by atoms with van der Waals surface area (Å²) >= 11 is 0. The van der Waals surface area contributed by atoms with Gasteiger partial charge in [0.2, 0.25) is 0 Å². The highest BCUT2D eigenvalue weighted by molar-refractivity contribution is 5.41. The van der Waals surface area contributed by atoms with Crippen LogP contribution in [0.2, 0.25) is 0 Å². The van der Waals surface area contributed by atoms with E-state index in [1.807, 2.05) is 13.0 Å². The fourth-order valence-corrected chi connectivity index (χ4v) is 1.77. The average molecular weight is 287 g/mol. The summed E-state index contributed by atoms with van der Waals surface area (Å²) in [7, 11) is 0. The van der Waals surface area contributed by atoms with Crippen LogP contribution in [-0.2, 0) is 0 Å². The molecule has 0 aliphatic rings. The van der Waals surface area contributed by atoms with Crippen LogP contribution in [0.15, 0.2) is 12.1 Å². The molecule has 2 N–H and O–H groups in total. The largest absolute Gasteiger partial charge is 1.00 e. The topological polar surface area (TPSA) is 41.5 Å². The van der Waals surface area contributed by atoms with Crippen molar-refractivity contribution in [2.75, 3.05) is 13.2 Å². The highest BCUT2D eigenvalue weighted by Gasteiger charge is 2.08. The van der Waals surface area contributed by atoms with E-state index in [-0.39, 0.29) is 12.4 Å². The first-order chi connectivity index (χ1) is 8.40. The number of hydrogen-bond acceptors (Lipinski definition) is 3. The number of hydrogen-bond donors (Lipinski definition) is 2. The first-order valence-corrected chi connectivity index (χ1v) is 6.52. The molecule has 1 aromatic rings. The Balaban J connectivity index is 0.00000324. The average Bonchev–Trinajstić information content (AvgIpc) is 2.29. The monoisotopic (exact) mass is 286 g/mol. The van der Waals surface area contributed by atoms with Crippen LogP contribution in [0.4, 0.5) is 0 Å². The maximum absolute atomic E-state index is 9.80. The molecule has 19 heavy (non-hydrogen) atoms. The minimum Gasteiger partial charge on any atom is -1.00 e. The normalized spacial score (nSPS) is 12.2. The van der Waals surface area contributed by atoms with E-state index in [0.29, 0.717) is 19.2 Å². The second kappa shape index (κ2) is 8.41. The van der Waals surface area contributed by atoms with Crippen LogP contribution in [0.1, 0.15) is 30.5 Å². The van der Waals surface area contributed by atoms with E-state index in [0.717, 1.165) is 11.3 Å². The standard InChI is InChI=1S/C15H25NO2.ClH/c1-10(2)16-8-14(17)9-18-15-7-11(3)6-12(4)13(15)5;/h6-7,10,14,16-17H,8-9H2,1-5H3;1H/p-1. The van der Waals surface area contributed by atoms with Gasteiger partial charge >= 0.3 is 0 Å². The van der Waals surface area contributed by atoms with E-state index >= 15 is 0 Å². The molecule has 0 heterocycles. The highest BCUT2D eigenvalue weighted by Crippen LogP contribution is 2.23. The maximum Gasteiger partial charge on any atom is 0.122 e. The van der Waals surface area contributed by atoms with Crippen molar-refractivity contribution >= 4 is 0 Å². The van der Waals surface area contributed by atoms with Crippen molar-refractivity contribution in [2.24, 2.45) is 0 Å². The Kier molecular flexibility index (Phi) is 8.07. The van der Waals surface area contributed by atoms with Crippen molar-refractivity contribution in [1.82, 2.24) is 5.32 Å². The molecule has 3 nitrogen and oxygen atoms in total. The Morgan fingerprint density at radius 3 is 2.42 bits per heavy atom. The molecule has 0 aromatic heterocycles. The van der Waals surface area contributed by atoms with Crippen molar-refractivity contribution in [3.05, 3.63) is 28.8 Å². The van der Waals surface area contributed by atoms with Gasteiger partial charge in [-0.25, -0.2) is 0 Å². The van der Waals surface area contributed by atoms with Crippen molar-refractivity contribution in [3.8, 4) is 5.75 Å². The first-order valence-electron chi connectivity index (χ1n) is 6.52. The molecule has 1 unspecified atom stereocenters. The van der Waals surface area contributed by atoms with E-state index in [2.05, 4.69) is 39.1 Å². The second-order valence-electron chi connectivity index (χ2n) is 5.23. The van der Waals surface area contributed by atoms with E-state index in [1.54, 1.807) is 0 Å². The van der Waals surface area contributed by atoms with Gasteiger partial charge in [0.05, 0.1) is 0 Å². The number of rotatable bonds is 6.